The lowest BCUT2D eigenvalue weighted by Gasteiger charge is -2.06. The lowest BCUT2D eigenvalue weighted by Crippen LogP contribution is -2.25. The number of sulfonamides is 1. The number of H-pyrrole nitrogens is 1. The Bertz CT molecular complexity index is 1160. The van der Waals surface area contributed by atoms with Crippen LogP contribution in [0.2, 0.25) is 0 Å². The maximum absolute atomic E-state index is 12.6. The Kier molecular flexibility index (Phi) is 4.05. The number of aromatic amines is 1. The van der Waals surface area contributed by atoms with Crippen LogP contribution in [-0.4, -0.2) is 38.4 Å². The van der Waals surface area contributed by atoms with Crippen molar-refractivity contribution < 1.29 is 8.42 Å². The molecule has 0 aromatic carbocycles. The Morgan fingerprint density at radius 1 is 1.23 bits per heavy atom. The predicted molar refractivity (Wildman–Crippen MR) is 96.2 cm³/mol. The predicted octanol–water partition coefficient (Wildman–Crippen LogP) is 1.67. The monoisotopic (exact) mass is 389 g/mol. The Balaban J connectivity index is 1.64. The fraction of sp³-hybridized carbons (Fsp3) is 0.200. The number of thiophene rings is 1. The van der Waals surface area contributed by atoms with Crippen LogP contribution in [0.15, 0.2) is 33.9 Å². The van der Waals surface area contributed by atoms with Crippen LogP contribution in [0.5, 0.6) is 0 Å². The van der Waals surface area contributed by atoms with Crippen molar-refractivity contribution in [2.45, 2.75) is 25.3 Å². The van der Waals surface area contributed by atoms with Crippen molar-refractivity contribution in [2.75, 3.05) is 0 Å². The van der Waals surface area contributed by atoms with Crippen LogP contribution >= 0.6 is 11.3 Å². The number of rotatable bonds is 5. The molecule has 26 heavy (non-hydrogen) atoms. The molecule has 0 aliphatic heterocycles. The van der Waals surface area contributed by atoms with Gasteiger partial charge in [-0.2, -0.15) is 26.0 Å². The summed E-state index contributed by atoms with van der Waals surface area (Å²) in [5, 5.41) is 23.2. The highest BCUT2D eigenvalue weighted by Crippen LogP contribution is 2.20. The van der Waals surface area contributed by atoms with E-state index >= 15 is 0 Å². The second kappa shape index (κ2) is 6.27. The van der Waals surface area contributed by atoms with E-state index < -0.39 is 10.0 Å². The Morgan fingerprint density at radius 3 is 2.77 bits per heavy atom. The first-order valence-corrected chi connectivity index (χ1v) is 10.1. The molecule has 0 saturated carbocycles. The zero-order valence-electron chi connectivity index (χ0n) is 14.0. The topological polar surface area (TPSA) is 118 Å². The fourth-order valence-electron chi connectivity index (χ4n) is 2.68. The van der Waals surface area contributed by atoms with Crippen molar-refractivity contribution in [1.29, 1.82) is 0 Å². The number of aryl methyl sites for hydroxylation is 2. The summed E-state index contributed by atoms with van der Waals surface area (Å²) in [6, 6.07) is 5.63. The summed E-state index contributed by atoms with van der Waals surface area (Å²) < 4.78 is 29.2. The highest BCUT2D eigenvalue weighted by Gasteiger charge is 2.23. The lowest BCUT2D eigenvalue weighted by molar-refractivity contribution is 0.576. The van der Waals surface area contributed by atoms with Gasteiger partial charge in [0, 0.05) is 10.9 Å². The van der Waals surface area contributed by atoms with Gasteiger partial charge < -0.3 is 0 Å². The second-order valence-corrected chi connectivity index (χ2v) is 8.19. The van der Waals surface area contributed by atoms with Crippen molar-refractivity contribution in [3.63, 3.8) is 0 Å². The third kappa shape index (κ3) is 2.89. The molecule has 0 radical (unpaired) electrons. The zero-order chi connectivity index (χ0) is 18.3. The van der Waals surface area contributed by atoms with Crippen LogP contribution in [0.25, 0.3) is 16.9 Å². The van der Waals surface area contributed by atoms with Crippen molar-refractivity contribution in [3.8, 4) is 11.3 Å². The van der Waals surface area contributed by atoms with Crippen LogP contribution in [0, 0.1) is 13.8 Å². The average molecular weight is 389 g/mol. The maximum Gasteiger partial charge on any atom is 0.244 e. The summed E-state index contributed by atoms with van der Waals surface area (Å²) >= 11 is 1.58. The lowest BCUT2D eigenvalue weighted by atomic mass is 10.2. The minimum Gasteiger partial charge on any atom is -0.281 e. The van der Waals surface area contributed by atoms with Crippen molar-refractivity contribution in [3.05, 3.63) is 46.2 Å². The Labute approximate surface area is 153 Å². The van der Waals surface area contributed by atoms with E-state index in [0.717, 1.165) is 11.3 Å². The molecule has 2 N–H and O–H groups in total. The summed E-state index contributed by atoms with van der Waals surface area (Å²) in [7, 11) is -3.73. The number of aromatic nitrogens is 6. The number of hydrogen-bond donors (Lipinski definition) is 2. The van der Waals surface area contributed by atoms with E-state index in [4.69, 9.17) is 0 Å². The van der Waals surface area contributed by atoms with Crippen LogP contribution in [0.3, 0.4) is 0 Å². The molecule has 0 spiro atoms. The molecule has 9 nitrogen and oxygen atoms in total. The van der Waals surface area contributed by atoms with E-state index in [-0.39, 0.29) is 11.4 Å². The molecule has 0 bridgehead atoms. The molecular formula is C15H15N7O2S2. The standard InChI is InChI=1S/C15H15N7O2S2/c1-9-15(10(2)18-17-9)26(23,24)16-7-14-20-19-13-4-3-12(21-22(13)14)11-5-6-25-8-11/h3-6,8,16H,7H2,1-2H3,(H,17,18). The van der Waals surface area contributed by atoms with E-state index in [1.54, 1.807) is 35.8 Å². The summed E-state index contributed by atoms with van der Waals surface area (Å²) in [6.45, 7) is 3.27. The molecule has 4 aromatic rings. The van der Waals surface area contributed by atoms with Gasteiger partial charge in [-0.15, -0.1) is 10.2 Å². The van der Waals surface area contributed by atoms with Gasteiger partial charge in [0.05, 0.1) is 23.6 Å². The van der Waals surface area contributed by atoms with Gasteiger partial charge in [0.2, 0.25) is 10.0 Å². The van der Waals surface area contributed by atoms with Gasteiger partial charge in [0.1, 0.15) is 4.90 Å². The van der Waals surface area contributed by atoms with E-state index in [9.17, 15) is 8.42 Å². The first kappa shape index (κ1) is 16.8. The van der Waals surface area contributed by atoms with Gasteiger partial charge in [0.25, 0.3) is 0 Å². The van der Waals surface area contributed by atoms with Gasteiger partial charge in [-0.3, -0.25) is 5.10 Å². The average Bonchev–Trinajstić information content (AvgIpc) is 3.33. The first-order valence-electron chi connectivity index (χ1n) is 7.71. The molecule has 0 amide bonds. The summed E-state index contributed by atoms with van der Waals surface area (Å²) in [5.41, 5.74) is 3.21. The molecule has 4 heterocycles. The van der Waals surface area contributed by atoms with Crippen LogP contribution in [0.1, 0.15) is 17.2 Å². The highest BCUT2D eigenvalue weighted by atomic mass is 32.2. The van der Waals surface area contributed by atoms with Crippen LogP contribution < -0.4 is 4.72 Å². The smallest absolute Gasteiger partial charge is 0.244 e. The maximum atomic E-state index is 12.6. The van der Waals surface area contributed by atoms with E-state index in [1.165, 1.54) is 0 Å². The molecule has 4 rings (SSSR count). The van der Waals surface area contributed by atoms with E-state index in [0.29, 0.717) is 22.9 Å². The molecule has 4 aromatic heterocycles. The number of hydrogen-bond acceptors (Lipinski definition) is 7. The third-order valence-corrected chi connectivity index (χ3v) is 6.24. The Hall–Kier alpha value is -2.63. The summed E-state index contributed by atoms with van der Waals surface area (Å²) in [4.78, 5) is 0.151. The van der Waals surface area contributed by atoms with E-state index in [1.807, 2.05) is 22.9 Å². The van der Waals surface area contributed by atoms with Crippen LogP contribution in [0.4, 0.5) is 0 Å². The van der Waals surface area contributed by atoms with Gasteiger partial charge in [-0.05, 0) is 37.4 Å². The van der Waals surface area contributed by atoms with Gasteiger partial charge >= 0.3 is 0 Å². The quantitative estimate of drug-likeness (QED) is 0.536. The third-order valence-electron chi connectivity index (χ3n) is 3.89. The van der Waals surface area contributed by atoms with Gasteiger partial charge in [-0.1, -0.05) is 0 Å². The minimum absolute atomic E-state index is 0.0341. The molecule has 0 aliphatic rings. The molecule has 0 atom stereocenters. The molecule has 0 aliphatic carbocycles. The minimum atomic E-state index is -3.73. The largest absolute Gasteiger partial charge is 0.281 e. The second-order valence-electron chi connectivity index (χ2n) is 5.70. The van der Waals surface area contributed by atoms with Gasteiger partial charge in [0.15, 0.2) is 11.5 Å². The SMILES string of the molecule is Cc1n[nH]c(C)c1S(=O)(=O)NCc1nnc2ccc(-c3ccsc3)nn12. The fourth-order valence-corrected chi connectivity index (χ4v) is 4.67. The van der Waals surface area contributed by atoms with Crippen molar-refractivity contribution >= 4 is 27.0 Å². The molecule has 11 heteroatoms. The normalized spacial score (nSPS) is 12.1. The van der Waals surface area contributed by atoms with Crippen molar-refractivity contribution in [1.82, 2.24) is 34.7 Å². The molecular weight excluding hydrogens is 374 g/mol. The van der Waals surface area contributed by atoms with Crippen LogP contribution in [-0.2, 0) is 16.6 Å². The number of fused-ring (bicyclic) bond motifs is 1. The first-order chi connectivity index (χ1) is 12.5. The highest BCUT2D eigenvalue weighted by molar-refractivity contribution is 7.89. The van der Waals surface area contributed by atoms with E-state index in [2.05, 4.69) is 30.2 Å². The van der Waals surface area contributed by atoms with Gasteiger partial charge in [-0.25, -0.2) is 13.1 Å². The zero-order valence-corrected chi connectivity index (χ0v) is 15.6. The molecule has 134 valence electrons. The Morgan fingerprint density at radius 2 is 2.08 bits per heavy atom. The molecule has 0 unspecified atom stereocenters. The number of nitrogens with zero attached hydrogens (tertiary/aromatic N) is 5. The summed E-state index contributed by atoms with van der Waals surface area (Å²) in [5.74, 6) is 0.402. The van der Waals surface area contributed by atoms with Crippen molar-refractivity contribution in [2.24, 2.45) is 0 Å². The molecule has 0 saturated heterocycles. The molecule has 0 fully saturated rings. The summed E-state index contributed by atoms with van der Waals surface area (Å²) in [6.07, 6.45) is 0. The number of nitrogens with one attached hydrogen (secondary N) is 2.